The molecule has 4 bridgehead atoms. The average molecular weight is 550 g/mol. The Balaban J connectivity index is 1.57. The van der Waals surface area contributed by atoms with Gasteiger partial charge in [-0.25, -0.2) is 0 Å². The van der Waals surface area contributed by atoms with Gasteiger partial charge in [0.1, 0.15) is 5.41 Å². The van der Waals surface area contributed by atoms with Crippen molar-refractivity contribution in [2.45, 2.75) is 71.5 Å². The van der Waals surface area contributed by atoms with Gasteiger partial charge in [0.05, 0.1) is 17.6 Å². The summed E-state index contributed by atoms with van der Waals surface area (Å²) >= 11 is 0. The van der Waals surface area contributed by atoms with Crippen LogP contribution in [0.5, 0.6) is 0 Å². The lowest BCUT2D eigenvalue weighted by Crippen LogP contribution is -2.64. The number of aliphatic hydroxyl groups excluding tert-OH is 1. The molecule has 4 aliphatic rings. The van der Waals surface area contributed by atoms with Crippen LogP contribution in [-0.2, 0) is 9.53 Å². The van der Waals surface area contributed by atoms with Gasteiger partial charge < -0.3 is 9.84 Å². The molecule has 4 aliphatic carbocycles. The second-order valence-electron chi connectivity index (χ2n) is 13.5. The van der Waals surface area contributed by atoms with Crippen LogP contribution in [0.4, 0.5) is 0 Å². The molecule has 0 amide bonds. The van der Waals surface area contributed by atoms with Gasteiger partial charge in [0, 0.05) is 5.41 Å². The third-order valence-corrected chi connectivity index (χ3v) is 11.6. The minimum atomic E-state index is -1.19. The van der Waals surface area contributed by atoms with Crippen LogP contribution < -0.4 is 0 Å². The zero-order valence-electron chi connectivity index (χ0n) is 24.6. The number of esters is 1. The normalized spacial score (nSPS) is 35.6. The lowest BCUT2D eigenvalue weighted by molar-refractivity contribution is -0.196. The molecule has 5 unspecified atom stereocenters. The van der Waals surface area contributed by atoms with Crippen molar-refractivity contribution >= 4 is 5.97 Å². The summed E-state index contributed by atoms with van der Waals surface area (Å²) in [5.74, 6) is 0.596. The van der Waals surface area contributed by atoms with Gasteiger partial charge in [-0.05, 0) is 72.8 Å². The number of hydrogen-bond donors (Lipinski definition) is 1. The Kier molecular flexibility index (Phi) is 7.02. The molecule has 41 heavy (non-hydrogen) atoms. The maximum atomic E-state index is 15.4. The molecule has 1 N–H and O–H groups in total. The first-order valence-electron chi connectivity index (χ1n) is 15.5. The molecule has 8 atom stereocenters. The quantitative estimate of drug-likeness (QED) is 0.256. The number of nitrogens with zero attached hydrogens (tertiary/aromatic N) is 1. The summed E-state index contributed by atoms with van der Waals surface area (Å²) in [6.07, 6.45) is 7.37. The number of hydrogen-bond acceptors (Lipinski definition) is 4. The van der Waals surface area contributed by atoms with Crippen molar-refractivity contribution in [2.75, 3.05) is 0 Å². The summed E-state index contributed by atoms with van der Waals surface area (Å²) in [7, 11) is 0. The maximum absolute atomic E-state index is 15.4. The molecule has 2 aromatic carbocycles. The maximum Gasteiger partial charge on any atom is 0.319 e. The van der Waals surface area contributed by atoms with Crippen molar-refractivity contribution in [1.82, 2.24) is 0 Å². The highest BCUT2D eigenvalue weighted by Gasteiger charge is 2.86. The van der Waals surface area contributed by atoms with E-state index in [-0.39, 0.29) is 23.7 Å². The van der Waals surface area contributed by atoms with E-state index >= 15 is 4.79 Å². The fourth-order valence-electron chi connectivity index (χ4n) is 10.1. The second kappa shape index (κ2) is 10.3. The molecule has 0 spiro atoms. The van der Waals surface area contributed by atoms with Crippen molar-refractivity contribution in [2.24, 2.45) is 45.8 Å². The van der Waals surface area contributed by atoms with Gasteiger partial charge in [-0.1, -0.05) is 106 Å². The van der Waals surface area contributed by atoms with Crippen LogP contribution in [0.3, 0.4) is 0 Å². The van der Waals surface area contributed by atoms with E-state index in [1.54, 1.807) is 0 Å². The SMILES string of the molecule is C=CCCC(O)C12C[C@@H]3[C@H](C)CC[C@H]3C3(C#N)CC1C=C(C(C)C)C23C(=O)OC(c1ccccc1)c1ccccc1. The molecule has 0 radical (unpaired) electrons. The molecule has 3 saturated carbocycles. The molecule has 0 aliphatic heterocycles. The number of allylic oxidation sites excluding steroid dienone is 2. The summed E-state index contributed by atoms with van der Waals surface area (Å²) in [5.41, 5.74) is -0.0480. The van der Waals surface area contributed by atoms with Gasteiger partial charge in [-0.15, -0.1) is 6.58 Å². The molecule has 4 nitrogen and oxygen atoms in total. The van der Waals surface area contributed by atoms with E-state index in [0.717, 1.165) is 36.0 Å². The molecule has 0 aromatic heterocycles. The Labute approximate surface area is 245 Å². The van der Waals surface area contributed by atoms with Gasteiger partial charge in [-0.3, -0.25) is 4.79 Å². The van der Waals surface area contributed by atoms with E-state index in [4.69, 9.17) is 4.74 Å². The van der Waals surface area contributed by atoms with Gasteiger partial charge in [-0.2, -0.15) is 5.26 Å². The molecule has 4 heteroatoms. The minimum Gasteiger partial charge on any atom is -0.452 e. The van der Waals surface area contributed by atoms with E-state index in [2.05, 4.69) is 39.5 Å². The summed E-state index contributed by atoms with van der Waals surface area (Å²) in [6.45, 7) is 10.5. The van der Waals surface area contributed by atoms with E-state index in [0.29, 0.717) is 31.1 Å². The molecule has 0 heterocycles. The van der Waals surface area contributed by atoms with Gasteiger partial charge in [0.15, 0.2) is 6.10 Å². The summed E-state index contributed by atoms with van der Waals surface area (Å²) in [5, 5.41) is 23.6. The van der Waals surface area contributed by atoms with Crippen molar-refractivity contribution in [3.05, 3.63) is 96.1 Å². The minimum absolute atomic E-state index is 0.0309. The Hall–Kier alpha value is -3.16. The van der Waals surface area contributed by atoms with Crippen LogP contribution in [0.1, 0.15) is 76.5 Å². The standard InChI is InChI=1S/C37H43NO3/c1-5-6-17-32(39)36-22-29-25(4)18-19-30(29)35(23-38)21-28(36)20-31(24(2)3)37(35,36)34(40)41-33(26-13-9-7-10-14-26)27-15-11-8-12-16-27/h5,7-16,20,24-25,28-30,32-33,39H,1,6,17-19,21-22H2,2-4H3/t25-,28?,29-,30-,32?,35?,36?,37?/m1/s1. The first-order chi connectivity index (χ1) is 19.8. The van der Waals surface area contributed by atoms with Gasteiger partial charge >= 0.3 is 5.97 Å². The number of carbonyl (C=O) groups is 1. The first kappa shape index (κ1) is 28.0. The van der Waals surface area contributed by atoms with Gasteiger partial charge in [0.25, 0.3) is 0 Å². The lowest BCUT2D eigenvalue weighted by atomic mass is 9.41. The molecule has 2 aromatic rings. The Morgan fingerprint density at radius 1 is 1.10 bits per heavy atom. The Morgan fingerprint density at radius 3 is 2.29 bits per heavy atom. The van der Waals surface area contributed by atoms with Crippen molar-refractivity contribution in [3.63, 3.8) is 0 Å². The summed E-state index contributed by atoms with van der Waals surface area (Å²) in [6, 6.07) is 22.6. The van der Waals surface area contributed by atoms with Gasteiger partial charge in [0.2, 0.25) is 0 Å². The number of fused-ring (bicyclic) bond motifs is 2. The van der Waals surface area contributed by atoms with Crippen LogP contribution in [-0.4, -0.2) is 17.2 Å². The molecule has 6 rings (SSSR count). The third-order valence-electron chi connectivity index (χ3n) is 11.6. The van der Waals surface area contributed by atoms with Crippen LogP contribution >= 0.6 is 0 Å². The number of ether oxygens (including phenoxy) is 1. The lowest BCUT2D eigenvalue weighted by Gasteiger charge is -2.59. The molecule has 3 fully saturated rings. The van der Waals surface area contributed by atoms with Crippen LogP contribution in [0.15, 0.2) is 85.0 Å². The smallest absolute Gasteiger partial charge is 0.319 e. The summed E-state index contributed by atoms with van der Waals surface area (Å²) in [4.78, 5) is 15.4. The highest BCUT2D eigenvalue weighted by Crippen LogP contribution is 2.84. The fraction of sp³-hybridized carbons (Fsp3) is 0.514. The van der Waals surface area contributed by atoms with E-state index in [1.807, 2.05) is 66.7 Å². The highest BCUT2D eigenvalue weighted by atomic mass is 16.5. The number of nitriles is 1. The van der Waals surface area contributed by atoms with Crippen molar-refractivity contribution in [1.29, 1.82) is 5.26 Å². The average Bonchev–Trinajstić information content (AvgIpc) is 3.57. The Bertz CT molecular complexity index is 1340. The number of carbonyl (C=O) groups excluding carboxylic acids is 1. The van der Waals surface area contributed by atoms with E-state index in [9.17, 15) is 10.4 Å². The Morgan fingerprint density at radius 2 is 1.73 bits per heavy atom. The van der Waals surface area contributed by atoms with Crippen molar-refractivity contribution in [3.8, 4) is 6.07 Å². The molecular formula is C37H43NO3. The zero-order valence-corrected chi connectivity index (χ0v) is 24.6. The first-order valence-corrected chi connectivity index (χ1v) is 15.5. The number of rotatable bonds is 9. The fourth-order valence-corrected chi connectivity index (χ4v) is 10.1. The predicted octanol–water partition coefficient (Wildman–Crippen LogP) is 7.81. The molecule has 214 valence electrons. The van der Waals surface area contributed by atoms with E-state index in [1.165, 1.54) is 0 Å². The second-order valence-corrected chi connectivity index (χ2v) is 13.5. The van der Waals surface area contributed by atoms with Crippen molar-refractivity contribution < 1.29 is 14.6 Å². The third kappa shape index (κ3) is 3.64. The highest BCUT2D eigenvalue weighted by molar-refractivity contribution is 5.88. The molecular weight excluding hydrogens is 506 g/mol. The van der Waals surface area contributed by atoms with Crippen LogP contribution in [0.2, 0.25) is 0 Å². The van der Waals surface area contributed by atoms with Crippen LogP contribution in [0.25, 0.3) is 0 Å². The molecule has 0 saturated heterocycles. The van der Waals surface area contributed by atoms with Crippen LogP contribution in [0, 0.1) is 57.2 Å². The summed E-state index contributed by atoms with van der Waals surface area (Å²) < 4.78 is 6.76. The number of aliphatic hydroxyl groups is 1. The largest absolute Gasteiger partial charge is 0.452 e. The predicted molar refractivity (Wildman–Crippen MR) is 160 cm³/mol. The van der Waals surface area contributed by atoms with E-state index < -0.39 is 28.5 Å². The number of benzene rings is 2. The monoisotopic (exact) mass is 549 g/mol. The zero-order chi connectivity index (χ0) is 29.0. The topological polar surface area (TPSA) is 70.3 Å².